The molecule has 0 radical (unpaired) electrons. The van der Waals surface area contributed by atoms with Crippen LogP contribution in [0.15, 0.2) is 22.7 Å². The van der Waals surface area contributed by atoms with Crippen molar-refractivity contribution in [1.29, 1.82) is 0 Å². The molecule has 0 N–H and O–H groups in total. The van der Waals surface area contributed by atoms with E-state index >= 15 is 0 Å². The van der Waals surface area contributed by atoms with Crippen molar-refractivity contribution in [3.8, 4) is 0 Å². The largest absolute Gasteiger partial charge is 0.339 e. The molecule has 1 aromatic carbocycles. The molecule has 112 valence electrons. The topological polar surface area (TPSA) is 40.6 Å². The maximum atomic E-state index is 12.5. The third-order valence-electron chi connectivity index (χ3n) is 4.21. The van der Waals surface area contributed by atoms with Crippen LogP contribution in [0, 0.1) is 12.8 Å². The molecule has 0 aromatic heterocycles. The van der Waals surface area contributed by atoms with Gasteiger partial charge in [-0.3, -0.25) is 9.59 Å². The minimum absolute atomic E-state index is 0.0594. The van der Waals surface area contributed by atoms with E-state index in [1.807, 2.05) is 34.9 Å². The quantitative estimate of drug-likeness (QED) is 0.821. The number of carbonyl (C=O) groups is 2. The molecule has 0 bridgehead atoms. The molecule has 2 aliphatic rings. The molecule has 1 aromatic rings. The zero-order valence-electron chi connectivity index (χ0n) is 12.1. The fraction of sp³-hybridized carbons (Fsp3) is 0.500. The second kappa shape index (κ2) is 5.79. The van der Waals surface area contributed by atoms with Gasteiger partial charge in [0.25, 0.3) is 5.91 Å². The van der Waals surface area contributed by atoms with E-state index in [9.17, 15) is 9.59 Å². The lowest BCUT2D eigenvalue weighted by Crippen LogP contribution is -2.51. The van der Waals surface area contributed by atoms with Gasteiger partial charge in [0.05, 0.1) is 0 Å². The first-order chi connectivity index (χ1) is 10.1. The van der Waals surface area contributed by atoms with Gasteiger partial charge in [0.1, 0.15) is 0 Å². The molecule has 1 saturated carbocycles. The van der Waals surface area contributed by atoms with Crippen LogP contribution in [0.3, 0.4) is 0 Å². The number of aryl methyl sites for hydroxylation is 1. The Labute approximate surface area is 133 Å². The molecule has 2 amide bonds. The summed E-state index contributed by atoms with van der Waals surface area (Å²) >= 11 is 3.45. The summed E-state index contributed by atoms with van der Waals surface area (Å²) in [6.07, 6.45) is 2.08. The van der Waals surface area contributed by atoms with Crippen LogP contribution in [0.5, 0.6) is 0 Å². The van der Waals surface area contributed by atoms with E-state index < -0.39 is 0 Å². The van der Waals surface area contributed by atoms with E-state index in [2.05, 4.69) is 15.9 Å². The van der Waals surface area contributed by atoms with Gasteiger partial charge in [-0.15, -0.1) is 0 Å². The highest BCUT2D eigenvalue weighted by Gasteiger charge is 2.35. The summed E-state index contributed by atoms with van der Waals surface area (Å²) in [6, 6.07) is 5.67. The summed E-state index contributed by atoms with van der Waals surface area (Å²) in [7, 11) is 0. The lowest BCUT2D eigenvalue weighted by Gasteiger charge is -2.35. The van der Waals surface area contributed by atoms with Gasteiger partial charge in [0.2, 0.25) is 5.91 Å². The first-order valence-corrected chi connectivity index (χ1v) is 8.20. The van der Waals surface area contributed by atoms with E-state index in [0.717, 1.165) is 28.4 Å². The molecule has 1 aliphatic heterocycles. The molecule has 1 aliphatic carbocycles. The van der Waals surface area contributed by atoms with Gasteiger partial charge in [0.15, 0.2) is 0 Å². The molecule has 0 spiro atoms. The van der Waals surface area contributed by atoms with Crippen molar-refractivity contribution in [3.63, 3.8) is 0 Å². The Morgan fingerprint density at radius 2 is 1.71 bits per heavy atom. The average Bonchev–Trinajstić information content (AvgIpc) is 3.33. The Kier molecular flexibility index (Phi) is 4.02. The second-order valence-corrected chi connectivity index (χ2v) is 6.71. The molecular weight excluding hydrogens is 332 g/mol. The van der Waals surface area contributed by atoms with Crippen LogP contribution < -0.4 is 0 Å². The minimum atomic E-state index is 0.0594. The summed E-state index contributed by atoms with van der Waals surface area (Å²) in [6.45, 7) is 4.57. The molecule has 1 saturated heterocycles. The van der Waals surface area contributed by atoms with Gasteiger partial charge in [-0.1, -0.05) is 15.9 Å². The van der Waals surface area contributed by atoms with Gasteiger partial charge < -0.3 is 9.80 Å². The zero-order chi connectivity index (χ0) is 15.0. The molecular formula is C16H19BrN2O2. The normalized spacial score (nSPS) is 18.8. The summed E-state index contributed by atoms with van der Waals surface area (Å²) in [5.74, 6) is 0.604. The number of rotatable bonds is 2. The maximum Gasteiger partial charge on any atom is 0.253 e. The Balaban J connectivity index is 1.61. The van der Waals surface area contributed by atoms with Crippen molar-refractivity contribution in [2.45, 2.75) is 19.8 Å². The summed E-state index contributed by atoms with van der Waals surface area (Å²) < 4.78 is 1.01. The number of halogens is 1. The molecule has 2 fully saturated rings. The fourth-order valence-corrected chi connectivity index (χ4v) is 2.93. The zero-order valence-corrected chi connectivity index (χ0v) is 13.7. The van der Waals surface area contributed by atoms with Crippen LogP contribution in [0.25, 0.3) is 0 Å². The lowest BCUT2D eigenvalue weighted by molar-refractivity contribution is -0.134. The molecule has 0 unspecified atom stereocenters. The Morgan fingerprint density at radius 3 is 2.29 bits per heavy atom. The first-order valence-electron chi connectivity index (χ1n) is 7.40. The Hall–Kier alpha value is -1.36. The average molecular weight is 351 g/mol. The van der Waals surface area contributed by atoms with Gasteiger partial charge in [-0.05, 0) is 43.5 Å². The van der Waals surface area contributed by atoms with Gasteiger partial charge in [0, 0.05) is 42.1 Å². The fourth-order valence-electron chi connectivity index (χ4n) is 2.68. The van der Waals surface area contributed by atoms with Crippen molar-refractivity contribution < 1.29 is 9.59 Å². The summed E-state index contributed by atoms with van der Waals surface area (Å²) in [5, 5.41) is 0. The van der Waals surface area contributed by atoms with Crippen LogP contribution in [0.4, 0.5) is 0 Å². The van der Waals surface area contributed by atoms with E-state index in [0.29, 0.717) is 26.2 Å². The molecule has 4 nitrogen and oxygen atoms in total. The standard InChI is InChI=1S/C16H19BrN2O2/c1-11-10-13(4-5-14(11)17)16(21)19-8-6-18(7-9-19)15(20)12-2-3-12/h4-5,10,12H,2-3,6-9H2,1H3. The van der Waals surface area contributed by atoms with Crippen LogP contribution >= 0.6 is 15.9 Å². The van der Waals surface area contributed by atoms with Gasteiger partial charge >= 0.3 is 0 Å². The van der Waals surface area contributed by atoms with Gasteiger partial charge in [-0.2, -0.15) is 0 Å². The van der Waals surface area contributed by atoms with Crippen LogP contribution in [0.2, 0.25) is 0 Å². The van der Waals surface area contributed by atoms with Crippen molar-refractivity contribution in [1.82, 2.24) is 9.80 Å². The number of hydrogen-bond acceptors (Lipinski definition) is 2. The number of carbonyl (C=O) groups excluding carboxylic acids is 2. The number of piperazine rings is 1. The Bertz CT molecular complexity index is 576. The minimum Gasteiger partial charge on any atom is -0.339 e. The van der Waals surface area contributed by atoms with E-state index in [4.69, 9.17) is 0 Å². The van der Waals surface area contributed by atoms with Crippen molar-refractivity contribution in [3.05, 3.63) is 33.8 Å². The number of benzene rings is 1. The SMILES string of the molecule is Cc1cc(C(=O)N2CCN(C(=O)C3CC3)CC2)ccc1Br. The molecule has 3 rings (SSSR count). The van der Waals surface area contributed by atoms with Crippen LogP contribution in [-0.2, 0) is 4.79 Å². The van der Waals surface area contributed by atoms with Crippen molar-refractivity contribution in [2.24, 2.45) is 5.92 Å². The maximum absolute atomic E-state index is 12.5. The molecule has 0 atom stereocenters. The predicted octanol–water partition coefficient (Wildman–Crippen LogP) is 2.45. The van der Waals surface area contributed by atoms with Crippen molar-refractivity contribution in [2.75, 3.05) is 26.2 Å². The number of nitrogens with zero attached hydrogens (tertiary/aromatic N) is 2. The highest BCUT2D eigenvalue weighted by molar-refractivity contribution is 9.10. The second-order valence-electron chi connectivity index (χ2n) is 5.86. The monoisotopic (exact) mass is 350 g/mol. The van der Waals surface area contributed by atoms with Crippen LogP contribution in [0.1, 0.15) is 28.8 Å². The summed E-state index contributed by atoms with van der Waals surface area (Å²) in [5.41, 5.74) is 1.78. The molecule has 21 heavy (non-hydrogen) atoms. The van der Waals surface area contributed by atoms with E-state index in [1.165, 1.54) is 0 Å². The summed E-state index contributed by atoms with van der Waals surface area (Å²) in [4.78, 5) is 28.3. The van der Waals surface area contributed by atoms with E-state index in [1.54, 1.807) is 0 Å². The Morgan fingerprint density at radius 1 is 1.10 bits per heavy atom. The van der Waals surface area contributed by atoms with Gasteiger partial charge in [-0.25, -0.2) is 0 Å². The predicted molar refractivity (Wildman–Crippen MR) is 84.1 cm³/mol. The number of hydrogen-bond donors (Lipinski definition) is 0. The lowest BCUT2D eigenvalue weighted by atomic mass is 10.1. The molecule has 5 heteroatoms. The first kappa shape index (κ1) is 14.6. The van der Waals surface area contributed by atoms with Crippen molar-refractivity contribution >= 4 is 27.7 Å². The highest BCUT2D eigenvalue weighted by Crippen LogP contribution is 2.31. The highest BCUT2D eigenvalue weighted by atomic mass is 79.9. The third-order valence-corrected chi connectivity index (χ3v) is 5.10. The van der Waals surface area contributed by atoms with Crippen LogP contribution in [-0.4, -0.2) is 47.8 Å². The number of amides is 2. The molecule has 1 heterocycles. The van der Waals surface area contributed by atoms with E-state index in [-0.39, 0.29) is 17.7 Å². The smallest absolute Gasteiger partial charge is 0.253 e. The third kappa shape index (κ3) is 3.12.